The number of hydrogen-bond acceptors (Lipinski definition) is 4. The van der Waals surface area contributed by atoms with Crippen LogP contribution in [0, 0.1) is 5.92 Å². The molecule has 6 nitrogen and oxygen atoms in total. The topological polar surface area (TPSA) is 70.7 Å². The fraction of sp³-hybridized carbons (Fsp3) is 0.882. The molecule has 136 valence electrons. The zero-order valence-electron chi connectivity index (χ0n) is 15.7. The molecule has 0 saturated heterocycles. The third kappa shape index (κ3) is 12.0. The number of nitrogens with zero attached hydrogens (tertiary/aromatic N) is 1. The van der Waals surface area contributed by atoms with Gasteiger partial charge in [0, 0.05) is 20.2 Å². The summed E-state index contributed by atoms with van der Waals surface area (Å²) in [4.78, 5) is 25.5. The van der Waals surface area contributed by atoms with Gasteiger partial charge >= 0.3 is 0 Å². The van der Waals surface area contributed by atoms with E-state index < -0.39 is 5.60 Å². The van der Waals surface area contributed by atoms with Crippen LogP contribution in [0.1, 0.15) is 47.0 Å². The summed E-state index contributed by atoms with van der Waals surface area (Å²) < 4.78 is 5.80. The first-order valence-electron chi connectivity index (χ1n) is 8.47. The molecule has 0 rings (SSSR count). The molecule has 0 aromatic carbocycles. The van der Waals surface area contributed by atoms with Crippen molar-refractivity contribution >= 4 is 11.8 Å². The van der Waals surface area contributed by atoms with Crippen LogP contribution in [0.4, 0.5) is 0 Å². The Bertz CT molecular complexity index is 357. The van der Waals surface area contributed by atoms with Crippen molar-refractivity contribution in [3.63, 3.8) is 0 Å². The van der Waals surface area contributed by atoms with E-state index in [2.05, 4.69) is 24.5 Å². The minimum Gasteiger partial charge on any atom is -0.375 e. The van der Waals surface area contributed by atoms with E-state index in [4.69, 9.17) is 4.74 Å². The van der Waals surface area contributed by atoms with Crippen LogP contribution in [-0.2, 0) is 14.3 Å². The van der Waals surface area contributed by atoms with Gasteiger partial charge in [-0.15, -0.1) is 0 Å². The van der Waals surface area contributed by atoms with E-state index in [0.717, 1.165) is 19.4 Å². The molecule has 2 N–H and O–H groups in total. The van der Waals surface area contributed by atoms with Crippen LogP contribution in [0.25, 0.3) is 0 Å². The lowest BCUT2D eigenvalue weighted by Crippen LogP contribution is -2.42. The maximum absolute atomic E-state index is 12.2. The van der Waals surface area contributed by atoms with E-state index in [1.165, 1.54) is 4.90 Å². The highest BCUT2D eigenvalue weighted by Gasteiger charge is 2.25. The summed E-state index contributed by atoms with van der Waals surface area (Å²) in [6.45, 7) is 10.3. The van der Waals surface area contributed by atoms with Crippen molar-refractivity contribution in [3.05, 3.63) is 0 Å². The Kier molecular flexibility index (Phi) is 10.8. The van der Waals surface area contributed by atoms with Crippen LogP contribution < -0.4 is 10.6 Å². The van der Waals surface area contributed by atoms with E-state index in [1.54, 1.807) is 7.05 Å². The average molecular weight is 329 g/mol. The van der Waals surface area contributed by atoms with Crippen molar-refractivity contribution in [3.8, 4) is 0 Å². The summed E-state index contributed by atoms with van der Waals surface area (Å²) in [7, 11) is 3.53. The Balaban J connectivity index is 4.09. The zero-order valence-corrected chi connectivity index (χ0v) is 15.7. The van der Waals surface area contributed by atoms with Gasteiger partial charge in [0.2, 0.25) is 11.8 Å². The molecule has 2 amide bonds. The van der Waals surface area contributed by atoms with E-state index >= 15 is 0 Å². The zero-order chi connectivity index (χ0) is 17.9. The van der Waals surface area contributed by atoms with Gasteiger partial charge in [-0.2, -0.15) is 0 Å². The molecule has 0 atom stereocenters. The molecule has 0 aromatic rings. The van der Waals surface area contributed by atoms with Crippen molar-refractivity contribution in [2.45, 2.75) is 52.6 Å². The molecule has 23 heavy (non-hydrogen) atoms. The number of nitrogens with one attached hydrogen (secondary N) is 2. The first-order valence-corrected chi connectivity index (χ1v) is 8.47. The van der Waals surface area contributed by atoms with Crippen LogP contribution in [0.2, 0.25) is 0 Å². The lowest BCUT2D eigenvalue weighted by molar-refractivity contribution is -0.140. The number of likely N-dealkylation sites (N-methyl/N-ethyl adjacent to an activating group) is 1. The second kappa shape index (κ2) is 11.4. The molecule has 0 saturated carbocycles. The molecular formula is C17H35N3O3. The summed E-state index contributed by atoms with van der Waals surface area (Å²) in [6, 6.07) is 0. The molecule has 0 radical (unpaired) electrons. The number of carbonyl (C=O) groups is 2. The second-order valence-electron chi connectivity index (χ2n) is 7.02. The summed E-state index contributed by atoms with van der Waals surface area (Å²) in [5, 5.41) is 5.83. The largest absolute Gasteiger partial charge is 0.375 e. The number of amides is 2. The highest BCUT2D eigenvalue weighted by atomic mass is 16.5. The monoisotopic (exact) mass is 329 g/mol. The number of carbonyl (C=O) groups excluding carboxylic acids is 2. The Labute approximate surface area is 141 Å². The number of ether oxygens (including phenoxy) is 1. The van der Waals surface area contributed by atoms with Gasteiger partial charge in [0.05, 0.1) is 18.6 Å². The highest BCUT2D eigenvalue weighted by molar-refractivity contribution is 5.84. The number of hydrogen-bond donors (Lipinski definition) is 2. The second-order valence-corrected chi connectivity index (χ2v) is 7.02. The standard InChI is InChI=1S/C17H35N3O3/c1-14(2)8-11-23-17(3,4)12-16(22)20(6)13-15(21)19-10-7-9-18-5/h14,18H,7-13H2,1-6H3,(H,19,21). The lowest BCUT2D eigenvalue weighted by atomic mass is 10.0. The van der Waals surface area contributed by atoms with Gasteiger partial charge in [-0.05, 0) is 46.2 Å². The Morgan fingerprint density at radius 1 is 1.22 bits per heavy atom. The van der Waals surface area contributed by atoms with Crippen molar-refractivity contribution in [1.29, 1.82) is 0 Å². The lowest BCUT2D eigenvalue weighted by Gasteiger charge is -2.27. The molecular weight excluding hydrogens is 294 g/mol. The van der Waals surface area contributed by atoms with Gasteiger partial charge in [-0.1, -0.05) is 13.8 Å². The van der Waals surface area contributed by atoms with Crippen LogP contribution in [-0.4, -0.2) is 62.7 Å². The van der Waals surface area contributed by atoms with Gasteiger partial charge in [0.15, 0.2) is 0 Å². The third-order valence-corrected chi connectivity index (χ3v) is 3.50. The molecule has 0 aliphatic heterocycles. The SMILES string of the molecule is CNCCCNC(=O)CN(C)C(=O)CC(C)(C)OCCC(C)C. The van der Waals surface area contributed by atoms with Gasteiger partial charge in [-0.3, -0.25) is 9.59 Å². The molecule has 0 spiro atoms. The summed E-state index contributed by atoms with van der Waals surface area (Å²) in [5.74, 6) is 0.371. The van der Waals surface area contributed by atoms with Crippen molar-refractivity contribution in [1.82, 2.24) is 15.5 Å². The van der Waals surface area contributed by atoms with E-state index in [1.807, 2.05) is 20.9 Å². The normalized spacial score (nSPS) is 11.6. The first kappa shape index (κ1) is 21.9. The third-order valence-electron chi connectivity index (χ3n) is 3.50. The van der Waals surface area contributed by atoms with Crippen molar-refractivity contribution in [2.24, 2.45) is 5.92 Å². The smallest absolute Gasteiger partial charge is 0.239 e. The quantitative estimate of drug-likeness (QED) is 0.531. The average Bonchev–Trinajstić information content (AvgIpc) is 2.42. The van der Waals surface area contributed by atoms with E-state index in [9.17, 15) is 9.59 Å². The fourth-order valence-corrected chi connectivity index (χ4v) is 1.97. The maximum Gasteiger partial charge on any atom is 0.239 e. The van der Waals surface area contributed by atoms with Crippen LogP contribution in [0.3, 0.4) is 0 Å². The molecule has 0 aliphatic rings. The molecule has 6 heteroatoms. The van der Waals surface area contributed by atoms with Crippen LogP contribution in [0.15, 0.2) is 0 Å². The molecule has 0 bridgehead atoms. The number of rotatable bonds is 12. The molecule has 0 heterocycles. The van der Waals surface area contributed by atoms with Gasteiger partial charge in [-0.25, -0.2) is 0 Å². The van der Waals surface area contributed by atoms with Crippen LogP contribution >= 0.6 is 0 Å². The van der Waals surface area contributed by atoms with Crippen molar-refractivity contribution in [2.75, 3.05) is 40.3 Å². The minimum absolute atomic E-state index is 0.0788. The van der Waals surface area contributed by atoms with Crippen LogP contribution in [0.5, 0.6) is 0 Å². The van der Waals surface area contributed by atoms with E-state index in [0.29, 0.717) is 19.1 Å². The Morgan fingerprint density at radius 3 is 2.43 bits per heavy atom. The summed E-state index contributed by atoms with van der Waals surface area (Å²) >= 11 is 0. The molecule has 0 unspecified atom stereocenters. The first-order chi connectivity index (χ1) is 10.7. The predicted molar refractivity (Wildman–Crippen MR) is 93.3 cm³/mol. The molecule has 0 fully saturated rings. The summed E-state index contributed by atoms with van der Waals surface area (Å²) in [5.41, 5.74) is -0.510. The Morgan fingerprint density at radius 2 is 1.87 bits per heavy atom. The molecule has 0 aromatic heterocycles. The van der Waals surface area contributed by atoms with Crippen molar-refractivity contribution < 1.29 is 14.3 Å². The summed E-state index contributed by atoms with van der Waals surface area (Å²) in [6.07, 6.45) is 2.12. The molecule has 0 aliphatic carbocycles. The van der Waals surface area contributed by atoms with Gasteiger partial charge in [0.1, 0.15) is 0 Å². The maximum atomic E-state index is 12.2. The fourth-order valence-electron chi connectivity index (χ4n) is 1.97. The van der Waals surface area contributed by atoms with E-state index in [-0.39, 0.29) is 24.8 Å². The minimum atomic E-state index is -0.510. The van der Waals surface area contributed by atoms with Gasteiger partial charge in [0.25, 0.3) is 0 Å². The predicted octanol–water partition coefficient (Wildman–Crippen LogP) is 1.40. The van der Waals surface area contributed by atoms with Gasteiger partial charge < -0.3 is 20.3 Å². The Hall–Kier alpha value is -1.14. The highest BCUT2D eigenvalue weighted by Crippen LogP contribution is 2.17.